The first-order valence-corrected chi connectivity index (χ1v) is 16.7. The van der Waals surface area contributed by atoms with E-state index in [-0.39, 0.29) is 49.9 Å². The molecule has 0 unspecified atom stereocenters. The van der Waals surface area contributed by atoms with E-state index in [0.29, 0.717) is 37.8 Å². The number of hydrogen-bond acceptors (Lipinski definition) is 6. The second kappa shape index (κ2) is 18.7. The number of amides is 2. The first-order chi connectivity index (χ1) is 23.4. The van der Waals surface area contributed by atoms with Gasteiger partial charge in [0.2, 0.25) is 11.8 Å². The number of rotatable bonds is 18. The molecule has 48 heavy (non-hydrogen) atoms. The zero-order chi connectivity index (χ0) is 34.3. The number of nitrogens with one attached hydrogen (secondary N) is 1. The van der Waals surface area contributed by atoms with Gasteiger partial charge < -0.3 is 24.8 Å². The summed E-state index contributed by atoms with van der Waals surface area (Å²) >= 11 is 0. The van der Waals surface area contributed by atoms with E-state index in [1.165, 1.54) is 7.11 Å². The third-order valence-corrected chi connectivity index (χ3v) is 8.92. The van der Waals surface area contributed by atoms with Crippen molar-refractivity contribution in [2.24, 2.45) is 11.8 Å². The first-order valence-electron chi connectivity index (χ1n) is 16.7. The molecule has 0 aliphatic carbocycles. The van der Waals surface area contributed by atoms with Crippen LogP contribution in [-0.4, -0.2) is 60.2 Å². The maximum Gasteiger partial charge on any atom is 0.309 e. The molecule has 8 heteroatoms. The molecule has 4 rings (SSSR count). The quantitative estimate of drug-likeness (QED) is 0.134. The number of fused-ring (bicyclic) bond motifs is 1. The molecule has 0 saturated carbocycles. The Labute approximate surface area is 284 Å². The number of carbonyl (C=O) groups is 3. The van der Waals surface area contributed by atoms with Gasteiger partial charge in [-0.15, -0.1) is 13.2 Å². The maximum atomic E-state index is 13.9. The Morgan fingerprint density at radius 3 is 2.25 bits per heavy atom. The molecular formula is C40H48N2O6. The Kier molecular flexibility index (Phi) is 14.2. The summed E-state index contributed by atoms with van der Waals surface area (Å²) in [4.78, 5) is 43.1. The number of benzene rings is 3. The normalized spacial score (nSPS) is 16.5. The molecule has 1 aliphatic heterocycles. The van der Waals surface area contributed by atoms with Crippen LogP contribution in [0.4, 0.5) is 0 Å². The van der Waals surface area contributed by atoms with Gasteiger partial charge in [0.15, 0.2) is 0 Å². The summed E-state index contributed by atoms with van der Waals surface area (Å²) in [6.45, 7) is 7.93. The number of esters is 1. The lowest BCUT2D eigenvalue weighted by molar-refractivity contribution is -0.158. The summed E-state index contributed by atoms with van der Waals surface area (Å²) in [5.74, 6) is -2.10. The van der Waals surface area contributed by atoms with Gasteiger partial charge in [-0.25, -0.2) is 0 Å². The van der Waals surface area contributed by atoms with Gasteiger partial charge in [-0.2, -0.15) is 0 Å². The van der Waals surface area contributed by atoms with Crippen molar-refractivity contribution in [2.75, 3.05) is 20.3 Å². The fourth-order valence-corrected chi connectivity index (χ4v) is 6.31. The lowest BCUT2D eigenvalue weighted by Gasteiger charge is -2.37. The average Bonchev–Trinajstić information content (AvgIpc) is 3.12. The highest BCUT2D eigenvalue weighted by atomic mass is 16.5. The Hall–Kier alpha value is -4.53. The van der Waals surface area contributed by atoms with Gasteiger partial charge >= 0.3 is 5.97 Å². The highest BCUT2D eigenvalue weighted by molar-refractivity contribution is 5.86. The highest BCUT2D eigenvalue weighted by Gasteiger charge is 2.35. The molecule has 1 heterocycles. The molecule has 5 atom stereocenters. The number of methoxy groups -OCH3 is 1. The Morgan fingerprint density at radius 1 is 0.938 bits per heavy atom. The lowest BCUT2D eigenvalue weighted by Crippen LogP contribution is -2.49. The van der Waals surface area contributed by atoms with E-state index in [4.69, 9.17) is 9.47 Å². The summed E-state index contributed by atoms with van der Waals surface area (Å²) in [5, 5.41) is 13.2. The van der Waals surface area contributed by atoms with Crippen LogP contribution in [0, 0.1) is 11.8 Å². The Bertz CT molecular complexity index is 1490. The minimum absolute atomic E-state index is 0.0628. The van der Waals surface area contributed by atoms with E-state index in [1.807, 2.05) is 84.9 Å². The van der Waals surface area contributed by atoms with Crippen LogP contribution in [0.3, 0.4) is 0 Å². The molecule has 2 N–H and O–H groups in total. The molecule has 0 saturated heterocycles. The van der Waals surface area contributed by atoms with Crippen LogP contribution in [-0.2, 0) is 43.2 Å². The van der Waals surface area contributed by atoms with Crippen LogP contribution in [0.25, 0.3) is 0 Å². The van der Waals surface area contributed by atoms with Gasteiger partial charge in [-0.1, -0.05) is 97.1 Å². The third-order valence-electron chi connectivity index (χ3n) is 8.92. The molecule has 0 aromatic heterocycles. The summed E-state index contributed by atoms with van der Waals surface area (Å²) in [6.07, 6.45) is 5.05. The van der Waals surface area contributed by atoms with Crippen molar-refractivity contribution in [1.29, 1.82) is 0 Å². The second-order valence-electron chi connectivity index (χ2n) is 12.3. The fourth-order valence-electron chi connectivity index (χ4n) is 6.31. The van der Waals surface area contributed by atoms with Crippen molar-refractivity contribution in [3.63, 3.8) is 0 Å². The lowest BCUT2D eigenvalue weighted by atomic mass is 9.92. The summed E-state index contributed by atoms with van der Waals surface area (Å²) in [5.41, 5.74) is 3.88. The van der Waals surface area contributed by atoms with E-state index < -0.39 is 24.0 Å². The van der Waals surface area contributed by atoms with E-state index in [9.17, 15) is 19.5 Å². The number of aliphatic hydroxyl groups is 1. The largest absolute Gasteiger partial charge is 0.455 e. The van der Waals surface area contributed by atoms with E-state index in [1.54, 1.807) is 17.1 Å². The SMILES string of the molecule is C=CCC[C@H](Cc1ccccc1)C(=O)O[C@@H](c1ccccc1)[C@H](COC)NC(=O)[C@H](CC=C)CC(=O)N1Cc2ccccc2C[C@H]1CO. The zero-order valence-corrected chi connectivity index (χ0v) is 27.8. The first kappa shape index (κ1) is 36.3. The topological polar surface area (TPSA) is 105 Å². The minimum Gasteiger partial charge on any atom is -0.455 e. The van der Waals surface area contributed by atoms with Gasteiger partial charge in [-0.05, 0) is 54.4 Å². The molecule has 0 bridgehead atoms. The molecule has 0 spiro atoms. The molecule has 3 aromatic rings. The number of allylic oxidation sites excluding steroid dienone is 2. The predicted octanol–water partition coefficient (Wildman–Crippen LogP) is 5.76. The third kappa shape index (κ3) is 9.99. The maximum absolute atomic E-state index is 13.9. The van der Waals surface area contributed by atoms with Gasteiger partial charge in [-0.3, -0.25) is 14.4 Å². The Balaban J connectivity index is 1.54. The van der Waals surface area contributed by atoms with Gasteiger partial charge in [0.25, 0.3) is 0 Å². The van der Waals surface area contributed by atoms with E-state index in [0.717, 1.165) is 16.7 Å². The zero-order valence-electron chi connectivity index (χ0n) is 27.8. The summed E-state index contributed by atoms with van der Waals surface area (Å²) in [7, 11) is 1.53. The summed E-state index contributed by atoms with van der Waals surface area (Å²) in [6, 6.07) is 25.9. The van der Waals surface area contributed by atoms with E-state index in [2.05, 4.69) is 18.5 Å². The van der Waals surface area contributed by atoms with Crippen molar-refractivity contribution < 1.29 is 29.0 Å². The van der Waals surface area contributed by atoms with Crippen molar-refractivity contribution >= 4 is 17.8 Å². The van der Waals surface area contributed by atoms with Gasteiger partial charge in [0.1, 0.15) is 6.10 Å². The molecule has 3 aromatic carbocycles. The van der Waals surface area contributed by atoms with Crippen LogP contribution < -0.4 is 5.32 Å². The number of carbonyl (C=O) groups excluding carboxylic acids is 3. The number of hydrogen-bond donors (Lipinski definition) is 2. The average molecular weight is 653 g/mol. The molecule has 0 fully saturated rings. The molecular weight excluding hydrogens is 604 g/mol. The monoisotopic (exact) mass is 652 g/mol. The van der Waals surface area contributed by atoms with Gasteiger partial charge in [0.05, 0.1) is 37.1 Å². The molecule has 1 aliphatic rings. The Morgan fingerprint density at radius 2 is 1.60 bits per heavy atom. The molecule has 8 nitrogen and oxygen atoms in total. The van der Waals surface area contributed by atoms with Crippen LogP contribution >= 0.6 is 0 Å². The number of aliphatic hydroxyl groups excluding tert-OH is 1. The van der Waals surface area contributed by atoms with Crippen LogP contribution in [0.15, 0.2) is 110 Å². The smallest absolute Gasteiger partial charge is 0.309 e. The van der Waals surface area contributed by atoms with E-state index >= 15 is 0 Å². The highest BCUT2D eigenvalue weighted by Crippen LogP contribution is 2.28. The van der Waals surface area contributed by atoms with Crippen molar-refractivity contribution in [1.82, 2.24) is 10.2 Å². The van der Waals surface area contributed by atoms with Crippen LogP contribution in [0.5, 0.6) is 0 Å². The minimum atomic E-state index is -0.845. The van der Waals surface area contributed by atoms with Crippen molar-refractivity contribution in [3.05, 3.63) is 132 Å². The molecule has 2 amide bonds. The second-order valence-corrected chi connectivity index (χ2v) is 12.3. The summed E-state index contributed by atoms with van der Waals surface area (Å²) < 4.78 is 11.8. The van der Waals surface area contributed by atoms with Crippen molar-refractivity contribution in [2.45, 2.75) is 63.3 Å². The number of nitrogens with zero attached hydrogens (tertiary/aromatic N) is 1. The number of ether oxygens (including phenoxy) is 2. The fraction of sp³-hybridized carbons (Fsp3) is 0.375. The standard InChI is InChI=1S/C40H48N2O6/c1-4-6-18-33(23-29-16-9-7-10-17-29)40(46)48-38(30-19-11-8-12-20-30)36(28-47-3)41-39(45)32(15-5-2)25-37(44)42-26-34-22-14-13-21-31(34)24-35(42)27-43/h4-5,7-14,16-17,19-22,32-33,35-36,38,43H,1-2,6,15,18,23-28H2,3H3,(H,41,45)/t32-,33-,35+,36+,38+/m1/s1. The van der Waals surface area contributed by atoms with Crippen LogP contribution in [0.2, 0.25) is 0 Å². The van der Waals surface area contributed by atoms with Crippen LogP contribution in [0.1, 0.15) is 54.0 Å². The molecule has 254 valence electrons. The van der Waals surface area contributed by atoms with Gasteiger partial charge in [0, 0.05) is 20.1 Å². The predicted molar refractivity (Wildman–Crippen MR) is 187 cm³/mol. The van der Waals surface area contributed by atoms with Crippen molar-refractivity contribution in [3.8, 4) is 0 Å². The molecule has 0 radical (unpaired) electrons.